The van der Waals surface area contributed by atoms with Crippen LogP contribution in [0.4, 0.5) is 0 Å². The lowest BCUT2D eigenvalue weighted by atomic mass is 9.83. The van der Waals surface area contributed by atoms with Crippen LogP contribution in [0.15, 0.2) is 186 Å². The standard InChI is InChI=1S/C50H30O/c1-2-13-33-29-35(22-21-31(33)11-1)48-40-17-7-9-19-42(40)49(43-20-10-8-18-41(43)48)44-26-25-36(38-15-5-6-16-39(38)44)34-24-27-46-45(30-34)50-37-14-4-3-12-32(37)23-28-47(50)51-46/h1-30H/i7D,8D,9D,10D,17D,18D,19D,20D. The van der Waals surface area contributed by atoms with Crippen LogP contribution < -0.4 is 0 Å². The summed E-state index contributed by atoms with van der Waals surface area (Å²) in [6.45, 7) is 0. The van der Waals surface area contributed by atoms with Crippen LogP contribution in [-0.4, -0.2) is 0 Å². The van der Waals surface area contributed by atoms with E-state index in [1.807, 2.05) is 109 Å². The second-order valence-electron chi connectivity index (χ2n) is 13.0. The van der Waals surface area contributed by atoms with Crippen molar-refractivity contribution in [1.82, 2.24) is 0 Å². The van der Waals surface area contributed by atoms with Crippen LogP contribution in [0.5, 0.6) is 0 Å². The molecule has 0 radical (unpaired) electrons. The molecule has 1 heterocycles. The lowest BCUT2D eigenvalue weighted by Crippen LogP contribution is -1.92. The van der Waals surface area contributed by atoms with E-state index in [1.165, 1.54) is 0 Å². The molecule has 10 aromatic carbocycles. The summed E-state index contributed by atoms with van der Waals surface area (Å²) in [5, 5.41) is 8.46. The van der Waals surface area contributed by atoms with Crippen LogP contribution in [-0.2, 0) is 0 Å². The van der Waals surface area contributed by atoms with Gasteiger partial charge in [-0.25, -0.2) is 0 Å². The van der Waals surface area contributed by atoms with Crippen molar-refractivity contribution in [2.45, 2.75) is 0 Å². The first-order valence-corrected chi connectivity index (χ1v) is 16.9. The van der Waals surface area contributed by atoms with Gasteiger partial charge >= 0.3 is 0 Å². The molecule has 0 aliphatic heterocycles. The number of furan rings is 1. The van der Waals surface area contributed by atoms with Gasteiger partial charge in [0, 0.05) is 10.8 Å². The first kappa shape index (κ1) is 21.4. The van der Waals surface area contributed by atoms with Gasteiger partial charge in [-0.3, -0.25) is 0 Å². The number of hydrogen-bond donors (Lipinski definition) is 0. The van der Waals surface area contributed by atoms with E-state index in [9.17, 15) is 5.48 Å². The molecular weight excluding hydrogens is 617 g/mol. The van der Waals surface area contributed by atoms with Gasteiger partial charge in [0.1, 0.15) is 11.2 Å². The second kappa shape index (κ2) is 10.9. The fourth-order valence-electron chi connectivity index (χ4n) is 8.01. The average Bonchev–Trinajstić information content (AvgIpc) is 3.66. The smallest absolute Gasteiger partial charge is 0.136 e. The van der Waals surface area contributed by atoms with Crippen LogP contribution in [0.25, 0.3) is 109 Å². The van der Waals surface area contributed by atoms with Crippen molar-refractivity contribution >= 4 is 75.8 Å². The third-order valence-corrected chi connectivity index (χ3v) is 10.3. The maximum absolute atomic E-state index is 9.48. The third-order valence-electron chi connectivity index (χ3n) is 10.3. The molecule has 1 heteroatoms. The summed E-state index contributed by atoms with van der Waals surface area (Å²) in [5.41, 5.74) is 5.26. The van der Waals surface area contributed by atoms with Gasteiger partial charge < -0.3 is 4.42 Å². The van der Waals surface area contributed by atoms with Crippen LogP contribution in [0.1, 0.15) is 11.0 Å². The summed E-state index contributed by atoms with van der Waals surface area (Å²) in [6.07, 6.45) is 0. The minimum Gasteiger partial charge on any atom is -0.456 e. The van der Waals surface area contributed by atoms with Crippen LogP contribution in [0.2, 0.25) is 0 Å². The molecule has 0 saturated carbocycles. The van der Waals surface area contributed by atoms with Crippen molar-refractivity contribution in [3.8, 4) is 33.4 Å². The summed E-state index contributed by atoms with van der Waals surface area (Å²) in [5.74, 6) is 0. The molecule has 0 N–H and O–H groups in total. The molecule has 0 amide bonds. The summed E-state index contributed by atoms with van der Waals surface area (Å²) in [7, 11) is 0. The molecule has 0 bridgehead atoms. The zero-order valence-electron chi connectivity index (χ0n) is 35.1. The summed E-state index contributed by atoms with van der Waals surface area (Å²) < 4.78 is 79.6. The average molecular weight is 655 g/mol. The van der Waals surface area contributed by atoms with Crippen molar-refractivity contribution in [3.63, 3.8) is 0 Å². The topological polar surface area (TPSA) is 13.1 Å². The zero-order chi connectivity index (χ0) is 40.4. The molecule has 0 aliphatic rings. The highest BCUT2D eigenvalue weighted by Gasteiger charge is 2.20. The summed E-state index contributed by atoms with van der Waals surface area (Å²) >= 11 is 0. The molecule has 0 atom stereocenters. The van der Waals surface area contributed by atoms with Gasteiger partial charge in [0.2, 0.25) is 0 Å². The van der Waals surface area contributed by atoms with Gasteiger partial charge in [-0.1, -0.05) is 158 Å². The maximum atomic E-state index is 9.48. The van der Waals surface area contributed by atoms with Crippen molar-refractivity contribution in [1.29, 1.82) is 0 Å². The Morgan fingerprint density at radius 1 is 0.353 bits per heavy atom. The van der Waals surface area contributed by atoms with E-state index in [-0.39, 0.29) is 45.7 Å². The molecule has 236 valence electrons. The Morgan fingerprint density at radius 3 is 1.65 bits per heavy atom. The van der Waals surface area contributed by atoms with Gasteiger partial charge in [0.15, 0.2) is 0 Å². The molecule has 0 fully saturated rings. The highest BCUT2D eigenvalue weighted by molar-refractivity contribution is 6.25. The first-order valence-electron chi connectivity index (χ1n) is 20.9. The SMILES string of the molecule is [2H]c1c([2H])c([2H])c2c(-c3ccc(-c4ccc5oc6ccc7ccccc7c6c5c4)c4ccccc34)c3c([2H])c([2H])c([2H])c([2H])c3c(-c3ccc4ccccc4c3)c2c1[2H]. The fraction of sp³-hybridized carbons (Fsp3) is 0. The lowest BCUT2D eigenvalue weighted by molar-refractivity contribution is 0.669. The minimum absolute atomic E-state index is 0.188. The Kier molecular flexibility index (Phi) is 4.57. The number of hydrogen-bond acceptors (Lipinski definition) is 1. The van der Waals surface area contributed by atoms with Crippen LogP contribution >= 0.6 is 0 Å². The fourth-order valence-corrected chi connectivity index (χ4v) is 8.01. The quantitative estimate of drug-likeness (QED) is 0.173. The first-order chi connectivity index (χ1) is 28.6. The molecule has 0 saturated heterocycles. The highest BCUT2D eigenvalue weighted by Crippen LogP contribution is 2.47. The van der Waals surface area contributed by atoms with Crippen molar-refractivity contribution in [2.75, 3.05) is 0 Å². The van der Waals surface area contributed by atoms with Crippen molar-refractivity contribution in [2.24, 2.45) is 0 Å². The van der Waals surface area contributed by atoms with Gasteiger partial charge in [-0.2, -0.15) is 0 Å². The van der Waals surface area contributed by atoms with E-state index in [0.717, 1.165) is 65.4 Å². The predicted octanol–water partition coefficient (Wildman–Crippen LogP) is 14.4. The third kappa shape index (κ3) is 4.22. The van der Waals surface area contributed by atoms with E-state index in [1.54, 1.807) is 0 Å². The Balaban J connectivity index is 1.27. The van der Waals surface area contributed by atoms with E-state index in [0.29, 0.717) is 22.3 Å². The molecular formula is C50H30O. The molecule has 0 spiro atoms. The normalized spacial score (nSPS) is 14.1. The number of benzene rings is 10. The molecule has 0 aliphatic carbocycles. The van der Waals surface area contributed by atoms with Crippen molar-refractivity contribution in [3.05, 3.63) is 182 Å². The van der Waals surface area contributed by atoms with E-state index < -0.39 is 24.2 Å². The van der Waals surface area contributed by atoms with Gasteiger partial charge in [-0.15, -0.1) is 0 Å². The molecule has 11 rings (SSSR count). The van der Waals surface area contributed by atoms with Crippen molar-refractivity contribution < 1.29 is 15.4 Å². The van der Waals surface area contributed by atoms with Crippen LogP contribution in [0.3, 0.4) is 0 Å². The van der Waals surface area contributed by atoms with E-state index in [4.69, 9.17) is 9.90 Å². The zero-order valence-corrected chi connectivity index (χ0v) is 27.1. The molecule has 51 heavy (non-hydrogen) atoms. The predicted molar refractivity (Wildman–Crippen MR) is 218 cm³/mol. The summed E-state index contributed by atoms with van der Waals surface area (Å²) in [6, 6.07) is 40.8. The Labute approximate surface area is 305 Å². The molecule has 0 unspecified atom stereocenters. The minimum atomic E-state index is -0.428. The Bertz CT molecular complexity index is 3580. The Morgan fingerprint density at radius 2 is 0.902 bits per heavy atom. The van der Waals surface area contributed by atoms with E-state index in [2.05, 4.69) is 24.3 Å². The highest BCUT2D eigenvalue weighted by atomic mass is 16.3. The number of rotatable bonds is 3. The van der Waals surface area contributed by atoms with Gasteiger partial charge in [-0.05, 0) is 112 Å². The maximum Gasteiger partial charge on any atom is 0.136 e. The van der Waals surface area contributed by atoms with Gasteiger partial charge in [0.05, 0.1) is 11.0 Å². The molecule has 1 nitrogen and oxygen atoms in total. The van der Waals surface area contributed by atoms with Crippen LogP contribution in [0, 0.1) is 0 Å². The molecule has 1 aromatic heterocycles. The largest absolute Gasteiger partial charge is 0.456 e. The second-order valence-corrected chi connectivity index (χ2v) is 13.0. The van der Waals surface area contributed by atoms with E-state index >= 15 is 0 Å². The summed E-state index contributed by atoms with van der Waals surface area (Å²) in [4.78, 5) is 0. The van der Waals surface area contributed by atoms with Gasteiger partial charge in [0.25, 0.3) is 0 Å². The lowest BCUT2D eigenvalue weighted by Gasteiger charge is -2.20. The monoisotopic (exact) mass is 654 g/mol. The number of fused-ring (bicyclic) bond motifs is 9. The molecule has 11 aromatic rings. The Hall–Kier alpha value is -6.70.